The van der Waals surface area contributed by atoms with Crippen LogP contribution in [0.3, 0.4) is 0 Å². The second-order valence-corrected chi connectivity index (χ2v) is 12.3. The first-order valence-electron chi connectivity index (χ1n) is 13.7. The number of cyclic esters (lactones) is 1. The number of methoxy groups -OCH3 is 3. The van der Waals surface area contributed by atoms with Crippen molar-refractivity contribution in [2.75, 3.05) is 34.7 Å². The van der Waals surface area contributed by atoms with Gasteiger partial charge in [-0.2, -0.15) is 0 Å². The lowest BCUT2D eigenvalue weighted by Gasteiger charge is -2.39. The molecule has 4 aromatic rings. The van der Waals surface area contributed by atoms with E-state index in [1.807, 2.05) is 36.4 Å². The molecule has 43 heavy (non-hydrogen) atoms. The van der Waals surface area contributed by atoms with E-state index in [4.69, 9.17) is 28.4 Å². The van der Waals surface area contributed by atoms with E-state index in [0.717, 1.165) is 10.9 Å². The molecule has 0 amide bonds. The summed E-state index contributed by atoms with van der Waals surface area (Å²) in [6, 6.07) is 18.9. The van der Waals surface area contributed by atoms with Crippen LogP contribution in [-0.2, 0) is 19.6 Å². The van der Waals surface area contributed by atoms with E-state index in [9.17, 15) is 13.2 Å². The average Bonchev–Trinajstić information content (AvgIpc) is 3.65. The van der Waals surface area contributed by atoms with Gasteiger partial charge in [-0.05, 0) is 52.4 Å². The van der Waals surface area contributed by atoms with Crippen LogP contribution in [-0.4, -0.2) is 49.1 Å². The molecule has 3 aliphatic rings. The lowest BCUT2D eigenvalue weighted by Crippen LogP contribution is -2.42. The fraction of sp³-hybridized carbons (Fsp3) is 0.281. The molecule has 4 aromatic carbocycles. The molecular formula is C32H29NO9S. The number of carbonyl (C=O) groups excluding carboxylic acids is 1. The Morgan fingerprint density at radius 1 is 0.814 bits per heavy atom. The number of hydrogen-bond donors (Lipinski definition) is 1. The Hall–Kier alpha value is -4.48. The minimum atomic E-state index is -4.06. The van der Waals surface area contributed by atoms with Gasteiger partial charge in [0.25, 0.3) is 0 Å². The number of benzene rings is 4. The minimum Gasteiger partial charge on any atom is -0.493 e. The fourth-order valence-electron chi connectivity index (χ4n) is 6.66. The lowest BCUT2D eigenvalue weighted by molar-refractivity contribution is -0.141. The smallest absolute Gasteiger partial charge is 0.310 e. The quantitative estimate of drug-likeness (QED) is 0.304. The van der Waals surface area contributed by atoms with E-state index < -0.39 is 39.8 Å². The number of ether oxygens (including phenoxy) is 6. The van der Waals surface area contributed by atoms with Crippen molar-refractivity contribution >= 4 is 26.8 Å². The molecule has 1 saturated heterocycles. The maximum atomic E-state index is 14.1. The summed E-state index contributed by atoms with van der Waals surface area (Å²) in [5.74, 6) is 0.114. The minimum absolute atomic E-state index is 0.0361. The van der Waals surface area contributed by atoms with Crippen molar-refractivity contribution in [2.24, 2.45) is 11.8 Å². The molecule has 1 fully saturated rings. The number of carbonyl (C=O) groups is 1. The van der Waals surface area contributed by atoms with Crippen molar-refractivity contribution in [1.29, 1.82) is 0 Å². The average molecular weight is 604 g/mol. The fourth-order valence-corrected chi connectivity index (χ4v) is 8.15. The molecule has 7 rings (SSSR count). The SMILES string of the molecule is COc1cc([C@@H]2c3cc4c(cc3[C@@H](NS(=O)(=O)c3cccc5ccccc35)[C@H]3COC(=O)[C@H]23)OCO4)cc(OC)c1OC. The first-order chi connectivity index (χ1) is 20.8. The number of sulfonamides is 1. The Balaban J connectivity index is 1.41. The van der Waals surface area contributed by atoms with Crippen LogP contribution in [0.25, 0.3) is 10.8 Å². The summed E-state index contributed by atoms with van der Waals surface area (Å²) >= 11 is 0. The van der Waals surface area contributed by atoms with Gasteiger partial charge in [0, 0.05) is 17.2 Å². The first kappa shape index (κ1) is 27.4. The van der Waals surface area contributed by atoms with Crippen molar-refractivity contribution < 1.29 is 41.6 Å². The van der Waals surface area contributed by atoms with Gasteiger partial charge in [-0.3, -0.25) is 4.79 Å². The molecule has 2 aliphatic heterocycles. The third-order valence-corrected chi connectivity index (χ3v) is 10.1. The van der Waals surface area contributed by atoms with E-state index in [1.54, 1.807) is 30.3 Å². The van der Waals surface area contributed by atoms with E-state index in [1.165, 1.54) is 21.3 Å². The van der Waals surface area contributed by atoms with E-state index >= 15 is 0 Å². The Kier molecular flexibility index (Phi) is 6.59. The van der Waals surface area contributed by atoms with Gasteiger partial charge >= 0.3 is 5.97 Å². The summed E-state index contributed by atoms with van der Waals surface area (Å²) in [6.45, 7) is 0.0788. The molecule has 11 heteroatoms. The summed E-state index contributed by atoms with van der Waals surface area (Å²) in [4.78, 5) is 13.6. The van der Waals surface area contributed by atoms with Gasteiger partial charge in [0.1, 0.15) is 0 Å². The molecular weight excluding hydrogens is 574 g/mol. The van der Waals surface area contributed by atoms with Crippen LogP contribution in [0.1, 0.15) is 28.7 Å². The standard InChI is InChI=1S/C32H29NO9S/c1-37-25-11-18(12-26(38-2)31(25)39-3)28-20-13-23-24(42-16-41-23)14-21(20)30(22-15-40-32(34)29(22)28)33-43(35,36)27-10-6-8-17-7-4-5-9-19(17)27/h4-14,22,28-30,33H,15-16H2,1-3H3/t22-,28+,29-,30+/m0/s1. The highest BCUT2D eigenvalue weighted by atomic mass is 32.2. The van der Waals surface area contributed by atoms with Gasteiger partial charge in [-0.25, -0.2) is 13.1 Å². The molecule has 10 nitrogen and oxygen atoms in total. The highest BCUT2D eigenvalue weighted by molar-refractivity contribution is 7.89. The highest BCUT2D eigenvalue weighted by Gasteiger charge is 2.53. The van der Waals surface area contributed by atoms with Crippen LogP contribution >= 0.6 is 0 Å². The predicted octanol–water partition coefficient (Wildman–Crippen LogP) is 4.55. The Bertz CT molecular complexity index is 1840. The van der Waals surface area contributed by atoms with Crippen LogP contribution in [0.4, 0.5) is 0 Å². The molecule has 0 bridgehead atoms. The number of nitrogens with one attached hydrogen (secondary N) is 1. The molecule has 1 aliphatic carbocycles. The molecule has 0 saturated carbocycles. The van der Waals surface area contributed by atoms with Gasteiger partial charge < -0.3 is 28.4 Å². The molecule has 0 radical (unpaired) electrons. The molecule has 0 aromatic heterocycles. The molecule has 4 atom stereocenters. The summed E-state index contributed by atoms with van der Waals surface area (Å²) in [6.07, 6.45) is 0. The summed E-state index contributed by atoms with van der Waals surface area (Å²) in [7, 11) is 0.517. The Morgan fingerprint density at radius 3 is 2.19 bits per heavy atom. The van der Waals surface area contributed by atoms with Gasteiger partial charge in [-0.1, -0.05) is 36.4 Å². The zero-order chi connectivity index (χ0) is 29.9. The second-order valence-electron chi connectivity index (χ2n) is 10.7. The number of rotatable bonds is 7. The first-order valence-corrected chi connectivity index (χ1v) is 15.2. The van der Waals surface area contributed by atoms with Crippen molar-refractivity contribution in [1.82, 2.24) is 4.72 Å². The van der Waals surface area contributed by atoms with Gasteiger partial charge in [0.05, 0.1) is 44.8 Å². The van der Waals surface area contributed by atoms with Crippen LogP contribution < -0.4 is 28.4 Å². The lowest BCUT2D eigenvalue weighted by atomic mass is 9.65. The third-order valence-electron chi connectivity index (χ3n) is 8.55. The zero-order valence-electron chi connectivity index (χ0n) is 23.7. The molecule has 1 N–H and O–H groups in total. The topological polar surface area (TPSA) is 119 Å². The van der Waals surface area contributed by atoms with Crippen LogP contribution in [0.15, 0.2) is 71.6 Å². The zero-order valence-corrected chi connectivity index (χ0v) is 24.5. The maximum absolute atomic E-state index is 14.1. The van der Waals surface area contributed by atoms with Crippen molar-refractivity contribution in [2.45, 2.75) is 16.9 Å². The largest absolute Gasteiger partial charge is 0.493 e. The third kappa shape index (κ3) is 4.33. The number of hydrogen-bond acceptors (Lipinski definition) is 9. The Labute approximate surface area is 248 Å². The molecule has 222 valence electrons. The van der Waals surface area contributed by atoms with E-state index in [-0.39, 0.29) is 18.3 Å². The number of esters is 1. The van der Waals surface area contributed by atoms with Crippen molar-refractivity contribution in [3.8, 4) is 28.7 Å². The highest BCUT2D eigenvalue weighted by Crippen LogP contribution is 2.56. The second kappa shape index (κ2) is 10.4. The Morgan fingerprint density at radius 2 is 1.49 bits per heavy atom. The summed E-state index contributed by atoms with van der Waals surface area (Å²) < 4.78 is 65.0. The summed E-state index contributed by atoms with van der Waals surface area (Å²) in [5.41, 5.74) is 2.11. The van der Waals surface area contributed by atoms with E-state index in [0.29, 0.717) is 45.3 Å². The van der Waals surface area contributed by atoms with Gasteiger partial charge in [-0.15, -0.1) is 0 Å². The normalized spacial score (nSPS) is 22.1. The number of fused-ring (bicyclic) bond motifs is 4. The monoisotopic (exact) mass is 603 g/mol. The van der Waals surface area contributed by atoms with Gasteiger partial charge in [0.2, 0.25) is 22.6 Å². The van der Waals surface area contributed by atoms with Gasteiger partial charge in [0.15, 0.2) is 23.0 Å². The maximum Gasteiger partial charge on any atom is 0.310 e. The van der Waals surface area contributed by atoms with Crippen LogP contribution in [0.2, 0.25) is 0 Å². The predicted molar refractivity (Wildman–Crippen MR) is 155 cm³/mol. The summed E-state index contributed by atoms with van der Waals surface area (Å²) in [5, 5.41) is 1.40. The van der Waals surface area contributed by atoms with Crippen LogP contribution in [0, 0.1) is 11.8 Å². The van der Waals surface area contributed by atoms with Crippen molar-refractivity contribution in [3.05, 3.63) is 83.4 Å². The molecule has 0 spiro atoms. The molecule has 2 heterocycles. The van der Waals surface area contributed by atoms with Crippen LogP contribution in [0.5, 0.6) is 28.7 Å². The van der Waals surface area contributed by atoms with E-state index in [2.05, 4.69) is 4.72 Å². The molecule has 0 unspecified atom stereocenters. The van der Waals surface area contributed by atoms with Crippen molar-refractivity contribution in [3.63, 3.8) is 0 Å².